The minimum atomic E-state index is 1.28. The maximum atomic E-state index is 2.42. The quantitative estimate of drug-likeness (QED) is 0.577. The van der Waals surface area contributed by atoms with E-state index in [2.05, 4.69) is 12.2 Å². The van der Waals surface area contributed by atoms with Crippen LogP contribution in [0.4, 0.5) is 0 Å². The summed E-state index contributed by atoms with van der Waals surface area (Å²) in [5, 5.41) is 0. The summed E-state index contributed by atoms with van der Waals surface area (Å²) in [7, 11) is 0. The van der Waals surface area contributed by atoms with Gasteiger partial charge in [0.05, 0.1) is 0 Å². The first-order valence-corrected chi connectivity index (χ1v) is 5.06. The summed E-state index contributed by atoms with van der Waals surface area (Å²) in [6, 6.07) is 0. The Balaban J connectivity index is 1.97. The van der Waals surface area contributed by atoms with Crippen LogP contribution in [0.2, 0.25) is 0 Å². The third-order valence-corrected chi connectivity index (χ3v) is 3.21. The molecule has 0 heterocycles. The molecule has 0 saturated heterocycles. The molecule has 3 aliphatic rings. The standard InChI is InChI=1S/C12H14/c1-3-9(4-1)11-5-2-6-12(11)10-7-8-10/h3,7H,1-2,4-6,8H2. The van der Waals surface area contributed by atoms with E-state index in [0.717, 1.165) is 0 Å². The summed E-state index contributed by atoms with van der Waals surface area (Å²) in [5.74, 6) is 0. The van der Waals surface area contributed by atoms with Crippen LogP contribution in [0.3, 0.4) is 0 Å². The van der Waals surface area contributed by atoms with Gasteiger partial charge in [-0.1, -0.05) is 12.2 Å². The molecular weight excluding hydrogens is 144 g/mol. The Kier molecular flexibility index (Phi) is 1.31. The zero-order chi connectivity index (χ0) is 7.97. The van der Waals surface area contributed by atoms with Crippen LogP contribution in [-0.2, 0) is 0 Å². The van der Waals surface area contributed by atoms with Crippen molar-refractivity contribution in [2.75, 3.05) is 0 Å². The molecule has 0 aromatic rings. The zero-order valence-corrected chi connectivity index (χ0v) is 7.40. The Morgan fingerprint density at radius 1 is 0.833 bits per heavy atom. The predicted octanol–water partition coefficient (Wildman–Crippen LogP) is 3.52. The Labute approximate surface area is 73.7 Å². The van der Waals surface area contributed by atoms with Crippen molar-refractivity contribution in [1.29, 1.82) is 0 Å². The van der Waals surface area contributed by atoms with Crippen LogP contribution in [0, 0.1) is 0 Å². The van der Waals surface area contributed by atoms with Gasteiger partial charge in [0.25, 0.3) is 0 Å². The van der Waals surface area contributed by atoms with Crippen molar-refractivity contribution in [2.45, 2.75) is 38.5 Å². The van der Waals surface area contributed by atoms with Crippen molar-refractivity contribution in [2.24, 2.45) is 0 Å². The van der Waals surface area contributed by atoms with Crippen molar-refractivity contribution in [3.05, 3.63) is 34.4 Å². The molecule has 3 aliphatic carbocycles. The van der Waals surface area contributed by atoms with E-state index in [1.165, 1.54) is 38.5 Å². The highest BCUT2D eigenvalue weighted by molar-refractivity contribution is 5.54. The molecule has 0 atom stereocenters. The third-order valence-electron chi connectivity index (χ3n) is 3.21. The van der Waals surface area contributed by atoms with E-state index in [1.807, 2.05) is 0 Å². The van der Waals surface area contributed by atoms with Crippen LogP contribution in [0.1, 0.15) is 38.5 Å². The lowest BCUT2D eigenvalue weighted by Gasteiger charge is -2.17. The fourth-order valence-electron chi connectivity index (χ4n) is 2.31. The van der Waals surface area contributed by atoms with E-state index in [4.69, 9.17) is 0 Å². The number of allylic oxidation sites excluding steroid dienone is 6. The van der Waals surface area contributed by atoms with Crippen molar-refractivity contribution in [3.8, 4) is 0 Å². The summed E-state index contributed by atoms with van der Waals surface area (Å²) in [6.07, 6.45) is 12.9. The average molecular weight is 158 g/mol. The Morgan fingerprint density at radius 2 is 1.50 bits per heavy atom. The lowest BCUT2D eigenvalue weighted by Crippen LogP contribution is -1.97. The fraction of sp³-hybridized carbons (Fsp3) is 0.500. The molecule has 0 aliphatic heterocycles. The highest BCUT2D eigenvalue weighted by atomic mass is 14.3. The van der Waals surface area contributed by atoms with E-state index < -0.39 is 0 Å². The fourth-order valence-corrected chi connectivity index (χ4v) is 2.31. The van der Waals surface area contributed by atoms with Crippen LogP contribution in [0.5, 0.6) is 0 Å². The molecule has 3 rings (SSSR count). The molecule has 12 heavy (non-hydrogen) atoms. The second kappa shape index (κ2) is 2.35. The van der Waals surface area contributed by atoms with Crippen molar-refractivity contribution < 1.29 is 0 Å². The molecule has 0 bridgehead atoms. The lowest BCUT2D eigenvalue weighted by atomic mass is 9.89. The number of rotatable bonds is 2. The molecule has 0 fully saturated rings. The molecule has 0 aromatic heterocycles. The molecule has 0 N–H and O–H groups in total. The molecule has 0 nitrogen and oxygen atoms in total. The van der Waals surface area contributed by atoms with Gasteiger partial charge in [-0.3, -0.25) is 0 Å². The molecule has 0 spiro atoms. The van der Waals surface area contributed by atoms with Gasteiger partial charge in [0.1, 0.15) is 0 Å². The Bertz CT molecular complexity index is 313. The first kappa shape index (κ1) is 6.71. The second-order valence-electron chi connectivity index (χ2n) is 4.01. The van der Waals surface area contributed by atoms with Crippen molar-refractivity contribution in [1.82, 2.24) is 0 Å². The minimum absolute atomic E-state index is 1.28. The van der Waals surface area contributed by atoms with Gasteiger partial charge in [-0.15, -0.1) is 0 Å². The van der Waals surface area contributed by atoms with Crippen LogP contribution in [0.15, 0.2) is 34.4 Å². The van der Waals surface area contributed by atoms with Gasteiger partial charge in [0.2, 0.25) is 0 Å². The predicted molar refractivity (Wildman–Crippen MR) is 50.9 cm³/mol. The monoisotopic (exact) mass is 158 g/mol. The van der Waals surface area contributed by atoms with E-state index in [1.54, 1.807) is 22.3 Å². The summed E-state index contributed by atoms with van der Waals surface area (Å²) < 4.78 is 0. The first-order valence-electron chi connectivity index (χ1n) is 5.06. The zero-order valence-electron chi connectivity index (χ0n) is 7.40. The third kappa shape index (κ3) is 0.906. The van der Waals surface area contributed by atoms with Crippen LogP contribution < -0.4 is 0 Å². The smallest absolute Gasteiger partial charge is 0.00916 e. The van der Waals surface area contributed by atoms with Crippen LogP contribution >= 0.6 is 0 Å². The van der Waals surface area contributed by atoms with Gasteiger partial charge in [-0.25, -0.2) is 0 Å². The topological polar surface area (TPSA) is 0 Å². The van der Waals surface area contributed by atoms with E-state index in [0.29, 0.717) is 0 Å². The minimum Gasteiger partial charge on any atom is -0.0807 e. The van der Waals surface area contributed by atoms with Gasteiger partial charge < -0.3 is 0 Å². The van der Waals surface area contributed by atoms with Gasteiger partial charge in [0.15, 0.2) is 0 Å². The SMILES string of the molecule is C1=C(C2=C(C3=CCC3)CCC2)C1. The molecule has 0 heteroatoms. The molecule has 0 unspecified atom stereocenters. The number of hydrogen-bond donors (Lipinski definition) is 0. The first-order chi connectivity index (χ1) is 5.95. The second-order valence-corrected chi connectivity index (χ2v) is 4.01. The molecule has 62 valence electrons. The number of hydrogen-bond acceptors (Lipinski definition) is 0. The normalized spacial score (nSPS) is 26.7. The molecule has 0 aromatic carbocycles. The van der Waals surface area contributed by atoms with E-state index in [9.17, 15) is 0 Å². The molecule has 0 saturated carbocycles. The van der Waals surface area contributed by atoms with Crippen molar-refractivity contribution >= 4 is 0 Å². The van der Waals surface area contributed by atoms with Gasteiger partial charge in [0, 0.05) is 0 Å². The van der Waals surface area contributed by atoms with Crippen LogP contribution in [-0.4, -0.2) is 0 Å². The van der Waals surface area contributed by atoms with E-state index >= 15 is 0 Å². The summed E-state index contributed by atoms with van der Waals surface area (Å²) in [5.41, 5.74) is 6.79. The lowest BCUT2D eigenvalue weighted by molar-refractivity contribution is 0.842. The Hall–Kier alpha value is -0.780. The molecule has 0 amide bonds. The van der Waals surface area contributed by atoms with Gasteiger partial charge in [-0.2, -0.15) is 0 Å². The maximum absolute atomic E-state index is 2.42. The van der Waals surface area contributed by atoms with Crippen molar-refractivity contribution in [3.63, 3.8) is 0 Å². The highest BCUT2D eigenvalue weighted by Crippen LogP contribution is 2.44. The van der Waals surface area contributed by atoms with E-state index in [-0.39, 0.29) is 0 Å². The summed E-state index contributed by atoms with van der Waals surface area (Å²) >= 11 is 0. The largest absolute Gasteiger partial charge is 0.0807 e. The molecular formula is C12H14. The Morgan fingerprint density at radius 3 is 2.00 bits per heavy atom. The van der Waals surface area contributed by atoms with Gasteiger partial charge >= 0.3 is 0 Å². The maximum Gasteiger partial charge on any atom is -0.00916 e. The highest BCUT2D eigenvalue weighted by Gasteiger charge is 2.25. The van der Waals surface area contributed by atoms with Gasteiger partial charge in [-0.05, 0) is 60.8 Å². The average Bonchev–Trinajstić information content (AvgIpc) is 2.70. The molecule has 0 radical (unpaired) electrons. The summed E-state index contributed by atoms with van der Waals surface area (Å²) in [6.45, 7) is 0. The summed E-state index contributed by atoms with van der Waals surface area (Å²) in [4.78, 5) is 0. The van der Waals surface area contributed by atoms with Crippen LogP contribution in [0.25, 0.3) is 0 Å².